The molecule has 0 bridgehead atoms. The largest absolute Gasteiger partial charge is 0.497 e. The van der Waals surface area contributed by atoms with Gasteiger partial charge in [-0.25, -0.2) is 4.98 Å². The minimum Gasteiger partial charge on any atom is -0.497 e. The second kappa shape index (κ2) is 12.5. The summed E-state index contributed by atoms with van der Waals surface area (Å²) in [5.74, 6) is 1.54. The average Bonchev–Trinajstić information content (AvgIpc) is 2.94. The summed E-state index contributed by atoms with van der Waals surface area (Å²) in [7, 11) is 3.18. The van der Waals surface area contributed by atoms with Crippen LogP contribution in [-0.2, 0) is 4.79 Å². The summed E-state index contributed by atoms with van der Waals surface area (Å²) >= 11 is 7.44. The molecule has 0 fully saturated rings. The second-order valence-electron chi connectivity index (χ2n) is 8.39. The molecule has 0 radical (unpaired) electrons. The smallest absolute Gasteiger partial charge is 0.225 e. The Bertz CT molecular complexity index is 1500. The Labute approximate surface area is 231 Å². The van der Waals surface area contributed by atoms with Crippen molar-refractivity contribution < 1.29 is 14.3 Å². The molecule has 0 saturated heterocycles. The fourth-order valence-corrected chi connectivity index (χ4v) is 5.03. The van der Waals surface area contributed by atoms with Crippen molar-refractivity contribution in [2.75, 3.05) is 25.3 Å². The SMILES string of the molecule is COc1ccc(OC)c(-c2cc(-c3ccccc3)nc(SCCC(=O)Nc3cc(Cl)ccc3C)c2C#N)c1. The summed E-state index contributed by atoms with van der Waals surface area (Å²) in [6.45, 7) is 1.91. The first-order valence-electron chi connectivity index (χ1n) is 11.8. The number of aryl methyl sites for hydroxylation is 1. The van der Waals surface area contributed by atoms with Gasteiger partial charge in [-0.05, 0) is 48.9 Å². The lowest BCUT2D eigenvalue weighted by Gasteiger charge is -2.16. The molecule has 1 N–H and O–H groups in total. The number of anilines is 1. The minimum absolute atomic E-state index is 0.143. The Morgan fingerprint density at radius 2 is 1.82 bits per heavy atom. The number of carbonyl (C=O) groups excluding carboxylic acids is 1. The van der Waals surface area contributed by atoms with E-state index in [0.29, 0.717) is 49.8 Å². The van der Waals surface area contributed by atoms with Gasteiger partial charge in [0.2, 0.25) is 5.91 Å². The predicted molar refractivity (Wildman–Crippen MR) is 153 cm³/mol. The molecule has 38 heavy (non-hydrogen) atoms. The Morgan fingerprint density at radius 1 is 1.03 bits per heavy atom. The summed E-state index contributed by atoms with van der Waals surface area (Å²) in [5.41, 5.74) is 5.05. The highest BCUT2D eigenvalue weighted by atomic mass is 35.5. The number of thioether (sulfide) groups is 1. The maximum Gasteiger partial charge on any atom is 0.225 e. The van der Waals surface area contributed by atoms with E-state index in [1.54, 1.807) is 26.4 Å². The number of hydrogen-bond acceptors (Lipinski definition) is 6. The molecule has 0 aliphatic carbocycles. The van der Waals surface area contributed by atoms with E-state index in [9.17, 15) is 10.1 Å². The van der Waals surface area contributed by atoms with E-state index in [4.69, 9.17) is 26.1 Å². The minimum atomic E-state index is -0.143. The van der Waals surface area contributed by atoms with Crippen molar-refractivity contribution >= 4 is 35.0 Å². The van der Waals surface area contributed by atoms with E-state index in [2.05, 4.69) is 11.4 Å². The number of hydrogen-bond donors (Lipinski definition) is 1. The summed E-state index contributed by atoms with van der Waals surface area (Å²) in [4.78, 5) is 17.5. The number of carbonyl (C=O) groups is 1. The van der Waals surface area contributed by atoms with Crippen LogP contribution in [-0.4, -0.2) is 30.9 Å². The van der Waals surface area contributed by atoms with E-state index in [-0.39, 0.29) is 12.3 Å². The van der Waals surface area contributed by atoms with Gasteiger partial charge < -0.3 is 14.8 Å². The maximum atomic E-state index is 12.7. The number of aromatic nitrogens is 1. The quantitative estimate of drug-likeness (QED) is 0.222. The molecular formula is C30H26ClN3O3S. The van der Waals surface area contributed by atoms with E-state index in [1.165, 1.54) is 11.8 Å². The van der Waals surface area contributed by atoms with Crippen LogP contribution in [0.3, 0.4) is 0 Å². The molecule has 4 rings (SSSR count). The van der Waals surface area contributed by atoms with E-state index < -0.39 is 0 Å². The zero-order chi connectivity index (χ0) is 27.1. The van der Waals surface area contributed by atoms with Crippen molar-refractivity contribution in [3.8, 4) is 40.0 Å². The van der Waals surface area contributed by atoms with Crippen molar-refractivity contribution in [2.45, 2.75) is 18.4 Å². The molecule has 1 amide bonds. The van der Waals surface area contributed by atoms with Crippen LogP contribution in [0.25, 0.3) is 22.4 Å². The third-order valence-corrected chi connectivity index (χ3v) is 7.12. The zero-order valence-corrected chi connectivity index (χ0v) is 22.8. The first-order valence-corrected chi connectivity index (χ1v) is 13.2. The van der Waals surface area contributed by atoms with Gasteiger partial charge in [0.15, 0.2) is 0 Å². The lowest BCUT2D eigenvalue weighted by atomic mass is 9.98. The van der Waals surface area contributed by atoms with E-state index in [1.807, 2.05) is 67.6 Å². The summed E-state index contributed by atoms with van der Waals surface area (Å²) in [6.07, 6.45) is 0.233. The Hall–Kier alpha value is -3.99. The van der Waals surface area contributed by atoms with E-state index in [0.717, 1.165) is 16.7 Å². The number of ether oxygens (including phenoxy) is 2. The molecule has 0 saturated carbocycles. The number of nitriles is 1. The third kappa shape index (κ3) is 6.28. The fraction of sp³-hybridized carbons (Fsp3) is 0.167. The van der Waals surface area contributed by atoms with Gasteiger partial charge in [-0.15, -0.1) is 11.8 Å². The van der Waals surface area contributed by atoms with Gasteiger partial charge in [0.05, 0.1) is 25.5 Å². The lowest BCUT2D eigenvalue weighted by molar-refractivity contribution is -0.115. The maximum absolute atomic E-state index is 12.7. The van der Waals surface area contributed by atoms with Crippen molar-refractivity contribution in [2.24, 2.45) is 0 Å². The number of nitrogens with zero attached hydrogens (tertiary/aromatic N) is 2. The molecular weight excluding hydrogens is 518 g/mol. The molecule has 192 valence electrons. The number of rotatable bonds is 9. The third-order valence-electron chi connectivity index (χ3n) is 5.91. The van der Waals surface area contributed by atoms with Crippen LogP contribution < -0.4 is 14.8 Å². The van der Waals surface area contributed by atoms with Crippen molar-refractivity contribution in [1.82, 2.24) is 4.98 Å². The first kappa shape index (κ1) is 27.1. The van der Waals surface area contributed by atoms with Gasteiger partial charge in [0.25, 0.3) is 0 Å². The monoisotopic (exact) mass is 543 g/mol. The van der Waals surface area contributed by atoms with Crippen molar-refractivity contribution in [3.05, 3.63) is 88.9 Å². The molecule has 4 aromatic rings. The molecule has 0 unspecified atom stereocenters. The van der Waals surface area contributed by atoms with Crippen molar-refractivity contribution in [1.29, 1.82) is 5.26 Å². The molecule has 0 spiro atoms. The Morgan fingerprint density at radius 3 is 2.53 bits per heavy atom. The highest BCUT2D eigenvalue weighted by Gasteiger charge is 2.19. The zero-order valence-electron chi connectivity index (χ0n) is 21.2. The van der Waals surface area contributed by atoms with Gasteiger partial charge >= 0.3 is 0 Å². The highest BCUT2D eigenvalue weighted by Crippen LogP contribution is 2.40. The van der Waals surface area contributed by atoms with Crippen molar-refractivity contribution in [3.63, 3.8) is 0 Å². The molecule has 1 aromatic heterocycles. The second-order valence-corrected chi connectivity index (χ2v) is 9.91. The van der Waals surface area contributed by atoms with Crippen LogP contribution in [0.4, 0.5) is 5.69 Å². The lowest BCUT2D eigenvalue weighted by Crippen LogP contribution is -2.13. The highest BCUT2D eigenvalue weighted by molar-refractivity contribution is 7.99. The average molecular weight is 544 g/mol. The fourth-order valence-electron chi connectivity index (χ4n) is 3.91. The molecule has 0 aliphatic rings. The molecule has 0 aliphatic heterocycles. The van der Waals surface area contributed by atoms with Crippen LogP contribution in [0.1, 0.15) is 17.5 Å². The summed E-state index contributed by atoms with van der Waals surface area (Å²) < 4.78 is 11.1. The molecule has 0 atom stereocenters. The Kier molecular flexibility index (Phi) is 8.90. The van der Waals surface area contributed by atoms with Crippen LogP contribution in [0, 0.1) is 18.3 Å². The van der Waals surface area contributed by atoms with Gasteiger partial charge in [-0.1, -0.05) is 48.0 Å². The topological polar surface area (TPSA) is 84.2 Å². The van der Waals surface area contributed by atoms with E-state index >= 15 is 0 Å². The van der Waals surface area contributed by atoms with Gasteiger partial charge in [-0.2, -0.15) is 5.26 Å². The first-order chi connectivity index (χ1) is 18.4. The van der Waals surface area contributed by atoms with Crippen LogP contribution in [0.5, 0.6) is 11.5 Å². The van der Waals surface area contributed by atoms with Gasteiger partial charge in [-0.3, -0.25) is 4.79 Å². The molecule has 8 heteroatoms. The number of methoxy groups -OCH3 is 2. The summed E-state index contributed by atoms with van der Waals surface area (Å²) in [5, 5.41) is 14.2. The molecule has 1 heterocycles. The van der Waals surface area contributed by atoms with Gasteiger partial charge in [0.1, 0.15) is 22.6 Å². The van der Waals surface area contributed by atoms with Crippen LogP contribution in [0.2, 0.25) is 5.02 Å². The number of pyridine rings is 1. The number of nitrogens with one attached hydrogen (secondary N) is 1. The standard InChI is InChI=1S/C30H26ClN3O3S/c1-19-9-10-21(31)15-26(19)33-29(35)13-14-38-30-25(18-32)23(17-27(34-30)20-7-5-4-6-8-20)24-16-22(36-2)11-12-28(24)37-3/h4-12,15-17H,13-14H2,1-3H3,(H,33,35). The number of benzene rings is 3. The van der Waals surface area contributed by atoms with Crippen LogP contribution in [0.15, 0.2) is 77.8 Å². The predicted octanol–water partition coefficient (Wildman–Crippen LogP) is 7.39. The van der Waals surface area contributed by atoms with Gasteiger partial charge in [0, 0.05) is 39.6 Å². The molecule has 3 aromatic carbocycles. The van der Waals surface area contributed by atoms with Crippen LogP contribution >= 0.6 is 23.4 Å². The number of halogens is 1. The summed E-state index contributed by atoms with van der Waals surface area (Å²) in [6, 6.07) is 24.8. The number of amides is 1. The Balaban J connectivity index is 1.68. The normalized spacial score (nSPS) is 10.5. The molecule has 6 nitrogen and oxygen atoms in total.